The van der Waals surface area contributed by atoms with Crippen molar-refractivity contribution in [2.75, 3.05) is 6.61 Å². The maximum absolute atomic E-state index is 12.9. The second kappa shape index (κ2) is 10.8. The fourth-order valence-corrected chi connectivity index (χ4v) is 4.20. The molecule has 0 saturated carbocycles. The van der Waals surface area contributed by atoms with Gasteiger partial charge in [0.1, 0.15) is 0 Å². The van der Waals surface area contributed by atoms with E-state index >= 15 is 0 Å². The highest BCUT2D eigenvalue weighted by Gasteiger charge is 2.21. The number of benzene rings is 4. The zero-order valence-electron chi connectivity index (χ0n) is 20.9. The maximum Gasteiger partial charge on any atom is 0.378 e. The molecule has 0 N–H and O–H groups in total. The summed E-state index contributed by atoms with van der Waals surface area (Å²) < 4.78 is 6.87. The number of ketones is 1. The lowest BCUT2D eigenvalue weighted by Gasteiger charge is -2.08. The van der Waals surface area contributed by atoms with Gasteiger partial charge in [-0.15, -0.1) is 5.10 Å². The van der Waals surface area contributed by atoms with Gasteiger partial charge in [-0.05, 0) is 48.7 Å². The van der Waals surface area contributed by atoms with Gasteiger partial charge in [0, 0.05) is 16.1 Å². The predicted molar refractivity (Wildman–Crippen MR) is 148 cm³/mol. The molecule has 0 radical (unpaired) electrons. The van der Waals surface area contributed by atoms with Gasteiger partial charge in [0.05, 0.1) is 5.69 Å². The summed E-state index contributed by atoms with van der Waals surface area (Å²) in [5.74, 6) is -0.791. The number of rotatable bonds is 7. The van der Waals surface area contributed by atoms with E-state index in [1.165, 1.54) is 0 Å². The third kappa shape index (κ3) is 5.41. The topological polar surface area (TPSA) is 74.1 Å². The van der Waals surface area contributed by atoms with Crippen LogP contribution in [0.5, 0.6) is 0 Å². The third-order valence-electron chi connectivity index (χ3n) is 6.11. The van der Waals surface area contributed by atoms with Crippen LogP contribution in [0.25, 0.3) is 28.2 Å². The number of aryl methyl sites for hydroxylation is 2. The van der Waals surface area contributed by atoms with Gasteiger partial charge in [-0.25, -0.2) is 14.5 Å². The molecule has 5 rings (SSSR count). The maximum atomic E-state index is 12.9. The van der Waals surface area contributed by atoms with Crippen molar-refractivity contribution in [3.63, 3.8) is 0 Å². The molecule has 6 nitrogen and oxygen atoms in total. The largest absolute Gasteiger partial charge is 0.451 e. The molecule has 38 heavy (non-hydrogen) atoms. The second-order valence-corrected chi connectivity index (χ2v) is 9.32. The molecule has 1 aromatic heterocycles. The van der Waals surface area contributed by atoms with E-state index in [0.29, 0.717) is 22.1 Å². The van der Waals surface area contributed by atoms with E-state index in [1.807, 2.05) is 92.7 Å². The first kappa shape index (κ1) is 25.1. The quantitative estimate of drug-likeness (QED) is 0.172. The molecule has 0 aliphatic rings. The molecule has 0 atom stereocenters. The van der Waals surface area contributed by atoms with Crippen LogP contribution in [0.1, 0.15) is 32.1 Å². The number of hydrogen-bond donors (Lipinski definition) is 0. The molecule has 0 aliphatic carbocycles. The fraction of sp³-hybridized carbons (Fsp3) is 0.0968. The monoisotopic (exact) mass is 521 g/mol. The summed E-state index contributed by atoms with van der Waals surface area (Å²) in [5.41, 5.74) is 5.88. The summed E-state index contributed by atoms with van der Waals surface area (Å²) in [6.07, 6.45) is 0. The van der Waals surface area contributed by atoms with Crippen molar-refractivity contribution in [3.8, 4) is 28.2 Å². The third-order valence-corrected chi connectivity index (χ3v) is 6.52. The SMILES string of the molecule is Cc1cccc(-c2nc(C(=O)OCC(=O)c3ccc(-c4ccccc4)cc3)nn2-c2ccc(C)c(Cl)c2)c1. The Balaban J connectivity index is 1.36. The molecule has 5 aromatic rings. The molecule has 0 amide bonds. The highest BCUT2D eigenvalue weighted by Crippen LogP contribution is 2.26. The summed E-state index contributed by atoms with van der Waals surface area (Å²) >= 11 is 6.35. The standard InChI is InChI=1S/C31H24ClN3O3/c1-20-7-6-10-25(17-20)30-33-29(34-35(30)26-16-11-21(2)27(32)18-26)31(37)38-19-28(36)24-14-12-23(13-15-24)22-8-4-3-5-9-22/h3-18H,19H2,1-2H3. The Bertz CT molecular complexity index is 1630. The number of carbonyl (C=O) groups is 2. The van der Waals surface area contributed by atoms with E-state index in [4.69, 9.17) is 16.3 Å². The Morgan fingerprint density at radius 2 is 1.53 bits per heavy atom. The summed E-state index contributed by atoms with van der Waals surface area (Å²) in [5, 5.41) is 4.98. The second-order valence-electron chi connectivity index (χ2n) is 8.92. The van der Waals surface area contributed by atoms with Crippen LogP contribution in [0, 0.1) is 13.8 Å². The first-order chi connectivity index (χ1) is 18.4. The van der Waals surface area contributed by atoms with E-state index in [1.54, 1.807) is 22.9 Å². The van der Waals surface area contributed by atoms with E-state index in [0.717, 1.165) is 27.8 Å². The molecule has 188 valence electrons. The molecule has 0 saturated heterocycles. The predicted octanol–water partition coefficient (Wildman–Crippen LogP) is 6.91. The highest BCUT2D eigenvalue weighted by molar-refractivity contribution is 6.31. The molecule has 0 fully saturated rings. The molecule has 0 bridgehead atoms. The van der Waals surface area contributed by atoms with Gasteiger partial charge >= 0.3 is 5.97 Å². The lowest BCUT2D eigenvalue weighted by molar-refractivity contribution is 0.0462. The molecule has 0 spiro atoms. The van der Waals surface area contributed by atoms with E-state index in [2.05, 4.69) is 10.1 Å². The van der Waals surface area contributed by atoms with Crippen molar-refractivity contribution >= 4 is 23.4 Å². The summed E-state index contributed by atoms with van der Waals surface area (Å²) in [4.78, 5) is 30.1. The van der Waals surface area contributed by atoms with Gasteiger partial charge in [0.2, 0.25) is 0 Å². The number of nitrogens with zero attached hydrogens (tertiary/aromatic N) is 3. The zero-order chi connectivity index (χ0) is 26.6. The van der Waals surface area contributed by atoms with Crippen LogP contribution < -0.4 is 0 Å². The van der Waals surface area contributed by atoms with Crippen molar-refractivity contribution in [1.29, 1.82) is 0 Å². The first-order valence-corrected chi connectivity index (χ1v) is 12.4. The fourth-order valence-electron chi connectivity index (χ4n) is 4.02. The summed E-state index contributed by atoms with van der Waals surface area (Å²) in [6, 6.07) is 30.3. The molecule has 0 aliphatic heterocycles. The van der Waals surface area contributed by atoms with Crippen LogP contribution >= 0.6 is 11.6 Å². The van der Waals surface area contributed by atoms with Crippen LogP contribution in [0.15, 0.2) is 97.1 Å². The van der Waals surface area contributed by atoms with Crippen LogP contribution in [0.3, 0.4) is 0 Å². The molecular formula is C31H24ClN3O3. The van der Waals surface area contributed by atoms with Gasteiger partial charge in [-0.1, -0.05) is 96.0 Å². The number of Topliss-reactive ketones (excluding diaryl/α,β-unsaturated/α-hetero) is 1. The minimum atomic E-state index is -0.787. The van der Waals surface area contributed by atoms with Crippen molar-refractivity contribution in [1.82, 2.24) is 14.8 Å². The molecule has 0 unspecified atom stereocenters. The van der Waals surface area contributed by atoms with Crippen LogP contribution in [0.2, 0.25) is 5.02 Å². The van der Waals surface area contributed by atoms with E-state index in [9.17, 15) is 9.59 Å². The van der Waals surface area contributed by atoms with Crippen LogP contribution in [0.4, 0.5) is 0 Å². The Labute approximate surface area is 225 Å². The van der Waals surface area contributed by atoms with Crippen molar-refractivity contribution < 1.29 is 14.3 Å². The molecule has 7 heteroatoms. The van der Waals surface area contributed by atoms with Gasteiger partial charge in [-0.2, -0.15) is 0 Å². The zero-order valence-corrected chi connectivity index (χ0v) is 21.6. The minimum absolute atomic E-state index is 0.148. The van der Waals surface area contributed by atoms with Crippen molar-refractivity contribution in [2.24, 2.45) is 0 Å². The van der Waals surface area contributed by atoms with Gasteiger partial charge in [0.15, 0.2) is 18.2 Å². The normalized spacial score (nSPS) is 10.8. The van der Waals surface area contributed by atoms with Crippen molar-refractivity contribution in [2.45, 2.75) is 13.8 Å². The van der Waals surface area contributed by atoms with Gasteiger partial charge in [0.25, 0.3) is 5.82 Å². The van der Waals surface area contributed by atoms with E-state index in [-0.39, 0.29) is 11.6 Å². The average molecular weight is 522 g/mol. The number of ether oxygens (including phenoxy) is 1. The number of halogens is 1. The average Bonchev–Trinajstić information content (AvgIpc) is 3.39. The van der Waals surface area contributed by atoms with Gasteiger partial charge in [-0.3, -0.25) is 4.79 Å². The van der Waals surface area contributed by atoms with Gasteiger partial charge < -0.3 is 4.74 Å². The lowest BCUT2D eigenvalue weighted by Crippen LogP contribution is -2.15. The first-order valence-electron chi connectivity index (χ1n) is 12.1. The Morgan fingerprint density at radius 3 is 2.24 bits per heavy atom. The van der Waals surface area contributed by atoms with Crippen LogP contribution in [-0.2, 0) is 4.74 Å². The smallest absolute Gasteiger partial charge is 0.378 e. The highest BCUT2D eigenvalue weighted by atomic mass is 35.5. The lowest BCUT2D eigenvalue weighted by atomic mass is 10.0. The number of esters is 1. The summed E-state index contributed by atoms with van der Waals surface area (Å²) in [7, 11) is 0. The number of aromatic nitrogens is 3. The van der Waals surface area contributed by atoms with E-state index < -0.39 is 12.6 Å². The molecular weight excluding hydrogens is 498 g/mol. The number of carbonyl (C=O) groups excluding carboxylic acids is 2. The minimum Gasteiger partial charge on any atom is -0.451 e. The van der Waals surface area contributed by atoms with Crippen LogP contribution in [-0.4, -0.2) is 33.1 Å². The Morgan fingerprint density at radius 1 is 0.816 bits per heavy atom. The summed E-state index contributed by atoms with van der Waals surface area (Å²) in [6.45, 7) is 3.46. The molecule has 4 aromatic carbocycles. The number of hydrogen-bond acceptors (Lipinski definition) is 5. The Hall–Kier alpha value is -4.55. The van der Waals surface area contributed by atoms with Crippen molar-refractivity contribution in [3.05, 3.63) is 125 Å². The Kier molecular flexibility index (Phi) is 7.15. The molecule has 1 heterocycles.